The van der Waals surface area contributed by atoms with Crippen molar-refractivity contribution in [2.75, 3.05) is 18.5 Å². The number of nitrogens with two attached hydrogens (primary N) is 1. The number of carbonyl (C=O) groups excluding carboxylic acids is 3. The molecule has 10 nitrogen and oxygen atoms in total. The lowest BCUT2D eigenvalue weighted by molar-refractivity contribution is -0.123. The lowest BCUT2D eigenvalue weighted by atomic mass is 10.1. The van der Waals surface area contributed by atoms with Gasteiger partial charge in [-0.05, 0) is 50.5 Å². The molecular formula is C23H24FN7O3. The van der Waals surface area contributed by atoms with Crippen LogP contribution in [-0.2, 0) is 9.59 Å². The number of aromatic nitrogens is 2. The fourth-order valence-electron chi connectivity index (χ4n) is 4.11. The molecule has 4 N–H and O–H groups in total. The Kier molecular flexibility index (Phi) is 5.13. The predicted octanol–water partition coefficient (Wildman–Crippen LogP) is 1.30. The van der Waals surface area contributed by atoms with E-state index in [2.05, 4.69) is 15.7 Å². The number of nitrogens with zero attached hydrogens (tertiary/aromatic N) is 4. The molecule has 2 heterocycles. The van der Waals surface area contributed by atoms with Gasteiger partial charge < -0.3 is 21.3 Å². The molecule has 0 radical (unpaired) electrons. The summed E-state index contributed by atoms with van der Waals surface area (Å²) in [4.78, 5) is 39.2. The second-order valence-corrected chi connectivity index (χ2v) is 9.28. The number of nitriles is 1. The molecule has 2 saturated carbocycles. The lowest BCUT2D eigenvalue weighted by Gasteiger charge is -2.32. The van der Waals surface area contributed by atoms with Gasteiger partial charge in [0.05, 0.1) is 47.2 Å². The van der Waals surface area contributed by atoms with Gasteiger partial charge in [-0.3, -0.25) is 19.1 Å². The zero-order valence-electron chi connectivity index (χ0n) is 18.5. The smallest absolute Gasteiger partial charge is 0.273 e. The topological polar surface area (TPSA) is 146 Å². The molecule has 34 heavy (non-hydrogen) atoms. The monoisotopic (exact) mass is 465 g/mol. The van der Waals surface area contributed by atoms with Crippen molar-refractivity contribution in [3.8, 4) is 17.3 Å². The maximum atomic E-state index is 13.4. The second kappa shape index (κ2) is 7.92. The molecule has 3 atom stereocenters. The Morgan fingerprint density at radius 2 is 2.09 bits per heavy atom. The molecule has 2 aliphatic carbocycles. The molecule has 2 aromatic rings. The van der Waals surface area contributed by atoms with Gasteiger partial charge in [0.25, 0.3) is 5.91 Å². The van der Waals surface area contributed by atoms with E-state index in [-0.39, 0.29) is 30.9 Å². The van der Waals surface area contributed by atoms with Crippen molar-refractivity contribution in [3.63, 3.8) is 0 Å². The number of halogens is 1. The van der Waals surface area contributed by atoms with Gasteiger partial charge in [0.2, 0.25) is 11.8 Å². The molecular weight excluding hydrogens is 441 g/mol. The zero-order valence-corrected chi connectivity index (χ0v) is 18.5. The summed E-state index contributed by atoms with van der Waals surface area (Å²) in [5.41, 5.74) is 7.05. The van der Waals surface area contributed by atoms with E-state index in [0.717, 1.165) is 0 Å². The second-order valence-electron chi connectivity index (χ2n) is 9.28. The Morgan fingerprint density at radius 1 is 1.35 bits per heavy atom. The fraction of sp³-hybridized carbons (Fsp3) is 0.435. The van der Waals surface area contributed by atoms with Gasteiger partial charge in [0, 0.05) is 12.1 Å². The normalized spacial score (nSPS) is 24.1. The number of fused-ring (bicyclic) bond motifs is 1. The third kappa shape index (κ3) is 3.90. The summed E-state index contributed by atoms with van der Waals surface area (Å²) in [5.74, 6) is -1.71. The van der Waals surface area contributed by atoms with E-state index in [1.54, 1.807) is 22.9 Å². The van der Waals surface area contributed by atoms with Crippen LogP contribution in [-0.4, -0.2) is 57.3 Å². The molecule has 0 bridgehead atoms. The van der Waals surface area contributed by atoms with Crippen LogP contribution >= 0.6 is 0 Å². The largest absolute Gasteiger partial charge is 0.337 e. The third-order valence-electron chi connectivity index (χ3n) is 6.55. The van der Waals surface area contributed by atoms with Crippen LogP contribution in [0.3, 0.4) is 0 Å². The molecule has 0 spiro atoms. The molecule has 5 rings (SSSR count). The Bertz CT molecular complexity index is 1250. The minimum absolute atomic E-state index is 0.0471. The van der Waals surface area contributed by atoms with Gasteiger partial charge in [-0.2, -0.15) is 10.4 Å². The number of hydrogen-bond donors (Lipinski definition) is 3. The number of alkyl halides is 1. The van der Waals surface area contributed by atoms with Crippen LogP contribution < -0.4 is 16.4 Å². The summed E-state index contributed by atoms with van der Waals surface area (Å²) in [6.07, 6.45) is 0.300. The summed E-state index contributed by atoms with van der Waals surface area (Å²) >= 11 is 0. The number of benzene rings is 1. The van der Waals surface area contributed by atoms with Gasteiger partial charge in [0.1, 0.15) is 11.9 Å². The molecule has 1 aromatic heterocycles. The first-order valence-corrected chi connectivity index (χ1v) is 11.2. The highest BCUT2D eigenvalue weighted by molar-refractivity contribution is 5.99. The highest BCUT2D eigenvalue weighted by Crippen LogP contribution is 2.37. The standard InChI is InChI=1S/C23H24FN7O3/c1-12-10-30(11-27-22(34)23(26)4-5-23)21(33)19-8-18(29-31(12)19)14-3-2-13(9-25)6-17(14)28-20(32)15-7-16(15)24/h2-3,6,8,12,15-16H,4-5,7,10-11,26H2,1H3,(H,27,34)(H,28,32)/t12-,15-,16+/m0/s1. The molecule has 3 amide bonds. The van der Waals surface area contributed by atoms with E-state index in [1.807, 2.05) is 13.0 Å². The van der Waals surface area contributed by atoms with E-state index in [4.69, 9.17) is 5.73 Å². The van der Waals surface area contributed by atoms with Crippen LogP contribution in [0.15, 0.2) is 24.3 Å². The van der Waals surface area contributed by atoms with E-state index in [1.165, 1.54) is 11.0 Å². The summed E-state index contributed by atoms with van der Waals surface area (Å²) in [6.45, 7) is 2.30. The number of anilines is 1. The number of nitrogens with one attached hydrogen (secondary N) is 2. The minimum atomic E-state index is -1.15. The Labute approximate surface area is 194 Å². The fourth-order valence-corrected chi connectivity index (χ4v) is 4.11. The van der Waals surface area contributed by atoms with Gasteiger partial charge >= 0.3 is 0 Å². The van der Waals surface area contributed by atoms with Crippen molar-refractivity contribution in [2.45, 2.75) is 43.9 Å². The molecule has 1 aromatic carbocycles. The first kappa shape index (κ1) is 22.0. The summed E-state index contributed by atoms with van der Waals surface area (Å²) in [6, 6.07) is 8.22. The molecule has 0 saturated heterocycles. The van der Waals surface area contributed by atoms with Crippen molar-refractivity contribution >= 4 is 23.4 Å². The van der Waals surface area contributed by atoms with Crippen LogP contribution in [0.25, 0.3) is 11.3 Å². The first-order valence-electron chi connectivity index (χ1n) is 11.2. The van der Waals surface area contributed by atoms with Gasteiger partial charge in [-0.15, -0.1) is 0 Å². The van der Waals surface area contributed by atoms with Crippen LogP contribution in [0.2, 0.25) is 0 Å². The zero-order chi connectivity index (χ0) is 24.2. The quantitative estimate of drug-likeness (QED) is 0.586. The predicted molar refractivity (Wildman–Crippen MR) is 119 cm³/mol. The molecule has 1 aliphatic heterocycles. The minimum Gasteiger partial charge on any atom is -0.337 e. The average molecular weight is 465 g/mol. The van der Waals surface area contributed by atoms with Crippen molar-refractivity contribution in [3.05, 3.63) is 35.5 Å². The van der Waals surface area contributed by atoms with Crippen molar-refractivity contribution in [1.82, 2.24) is 20.0 Å². The Hall–Kier alpha value is -3.78. The van der Waals surface area contributed by atoms with Crippen molar-refractivity contribution in [1.29, 1.82) is 5.26 Å². The third-order valence-corrected chi connectivity index (χ3v) is 6.55. The van der Waals surface area contributed by atoms with E-state index < -0.39 is 23.5 Å². The van der Waals surface area contributed by atoms with Gasteiger partial charge in [0.15, 0.2) is 0 Å². The Balaban J connectivity index is 1.40. The number of carbonyl (C=O) groups is 3. The number of amides is 3. The lowest BCUT2D eigenvalue weighted by Crippen LogP contribution is -2.51. The molecule has 2 fully saturated rings. The number of rotatable bonds is 6. The van der Waals surface area contributed by atoms with Crippen LogP contribution in [0.4, 0.5) is 10.1 Å². The van der Waals surface area contributed by atoms with Crippen LogP contribution in [0, 0.1) is 17.2 Å². The SMILES string of the molecule is C[C@H]1CN(CNC(=O)C2(N)CC2)C(=O)c2cc(-c3ccc(C#N)cc3NC(=O)[C@H]3C[C@H]3F)nn21. The van der Waals surface area contributed by atoms with Crippen LogP contribution in [0.1, 0.15) is 48.3 Å². The van der Waals surface area contributed by atoms with Gasteiger partial charge in [-0.25, -0.2) is 4.39 Å². The van der Waals surface area contributed by atoms with Crippen LogP contribution in [0.5, 0.6) is 0 Å². The average Bonchev–Trinajstić information content (AvgIpc) is 3.70. The molecule has 11 heteroatoms. The Morgan fingerprint density at radius 3 is 2.74 bits per heavy atom. The van der Waals surface area contributed by atoms with E-state index >= 15 is 0 Å². The molecule has 0 unspecified atom stereocenters. The summed E-state index contributed by atoms with van der Waals surface area (Å²) < 4.78 is 15.0. The maximum Gasteiger partial charge on any atom is 0.273 e. The van der Waals surface area contributed by atoms with E-state index in [9.17, 15) is 24.0 Å². The van der Waals surface area contributed by atoms with Crippen molar-refractivity contribution in [2.24, 2.45) is 11.7 Å². The highest BCUT2D eigenvalue weighted by Gasteiger charge is 2.46. The van der Waals surface area contributed by atoms with E-state index in [0.29, 0.717) is 47.6 Å². The first-order chi connectivity index (χ1) is 16.2. The summed E-state index contributed by atoms with van der Waals surface area (Å²) in [7, 11) is 0. The number of hydrogen-bond acceptors (Lipinski definition) is 6. The highest BCUT2D eigenvalue weighted by atomic mass is 19.1. The van der Waals surface area contributed by atoms with Gasteiger partial charge in [-0.1, -0.05) is 0 Å². The van der Waals surface area contributed by atoms with Crippen molar-refractivity contribution < 1.29 is 18.8 Å². The maximum absolute atomic E-state index is 13.4. The molecule has 176 valence electrons. The molecule has 3 aliphatic rings. The summed E-state index contributed by atoms with van der Waals surface area (Å²) in [5, 5.41) is 19.3.